The number of aliphatic hydroxyl groups is 1. The average molecular weight is 219 g/mol. The Morgan fingerprint density at radius 1 is 1.44 bits per heavy atom. The molecule has 0 saturated heterocycles. The van der Waals surface area contributed by atoms with Crippen molar-refractivity contribution >= 4 is 11.6 Å². The Bertz CT molecular complexity index is 401. The number of anilines is 1. The van der Waals surface area contributed by atoms with Crippen LogP contribution in [0.25, 0.3) is 0 Å². The van der Waals surface area contributed by atoms with Gasteiger partial charge >= 0.3 is 0 Å². The lowest BCUT2D eigenvalue weighted by Crippen LogP contribution is -2.39. The van der Waals surface area contributed by atoms with E-state index in [2.05, 4.69) is 0 Å². The molecule has 1 aliphatic rings. The molecule has 16 heavy (non-hydrogen) atoms. The van der Waals surface area contributed by atoms with E-state index in [4.69, 9.17) is 0 Å². The fraction of sp³-hybridized carbons (Fsp3) is 0.462. The summed E-state index contributed by atoms with van der Waals surface area (Å²) in [4.78, 5) is 13.8. The Hall–Kier alpha value is -1.35. The van der Waals surface area contributed by atoms with E-state index in [0.717, 1.165) is 11.3 Å². The number of nitrogens with zero attached hydrogens (tertiary/aromatic N) is 1. The van der Waals surface area contributed by atoms with Gasteiger partial charge in [-0.3, -0.25) is 4.79 Å². The second-order valence-corrected chi connectivity index (χ2v) is 4.51. The van der Waals surface area contributed by atoms with Crippen LogP contribution in [-0.4, -0.2) is 17.6 Å². The monoisotopic (exact) mass is 219 g/mol. The van der Waals surface area contributed by atoms with E-state index in [-0.39, 0.29) is 11.8 Å². The summed E-state index contributed by atoms with van der Waals surface area (Å²) < 4.78 is 0. The number of carbonyl (C=O) groups is 1. The van der Waals surface area contributed by atoms with Gasteiger partial charge < -0.3 is 10.0 Å². The van der Waals surface area contributed by atoms with Gasteiger partial charge in [-0.1, -0.05) is 32.0 Å². The topological polar surface area (TPSA) is 40.5 Å². The van der Waals surface area contributed by atoms with Crippen molar-refractivity contribution in [3.8, 4) is 0 Å². The number of hydrogen-bond acceptors (Lipinski definition) is 2. The van der Waals surface area contributed by atoms with Crippen LogP contribution in [0, 0.1) is 5.92 Å². The number of rotatable bonds is 1. The van der Waals surface area contributed by atoms with Crippen molar-refractivity contribution in [1.82, 2.24) is 0 Å². The maximum Gasteiger partial charge on any atom is 0.229 e. The molecule has 1 atom stereocenters. The highest BCUT2D eigenvalue weighted by Gasteiger charge is 2.28. The predicted octanol–water partition coefficient (Wildman–Crippen LogP) is 2.11. The number of hydrogen-bond donors (Lipinski definition) is 1. The van der Waals surface area contributed by atoms with E-state index in [1.807, 2.05) is 38.1 Å². The predicted molar refractivity (Wildman–Crippen MR) is 63.2 cm³/mol. The summed E-state index contributed by atoms with van der Waals surface area (Å²) in [5, 5.41) is 9.86. The van der Waals surface area contributed by atoms with E-state index in [1.54, 1.807) is 4.90 Å². The molecule has 1 unspecified atom stereocenters. The van der Waals surface area contributed by atoms with Crippen molar-refractivity contribution < 1.29 is 9.90 Å². The fourth-order valence-corrected chi connectivity index (χ4v) is 2.08. The molecule has 0 fully saturated rings. The van der Waals surface area contributed by atoms with Gasteiger partial charge in [-0.2, -0.15) is 0 Å². The fourth-order valence-electron chi connectivity index (χ4n) is 2.08. The van der Waals surface area contributed by atoms with Crippen LogP contribution >= 0.6 is 0 Å². The number of aliphatic hydroxyl groups excluding tert-OH is 1. The van der Waals surface area contributed by atoms with Crippen molar-refractivity contribution in [3.63, 3.8) is 0 Å². The minimum Gasteiger partial charge on any atom is -0.388 e. The highest BCUT2D eigenvalue weighted by molar-refractivity contribution is 5.95. The van der Waals surface area contributed by atoms with Gasteiger partial charge in [0.15, 0.2) is 0 Å². The average Bonchev–Trinajstić information content (AvgIpc) is 2.29. The smallest absolute Gasteiger partial charge is 0.229 e. The van der Waals surface area contributed by atoms with Crippen LogP contribution in [0.15, 0.2) is 24.3 Å². The first-order valence-corrected chi connectivity index (χ1v) is 5.69. The standard InChI is InChI=1S/C13H17NO2/c1-9(2)13(16)14-8-7-12(15)10-5-3-4-6-11(10)14/h3-6,9,12,15H,7-8H2,1-2H3. The highest BCUT2D eigenvalue weighted by atomic mass is 16.3. The second-order valence-electron chi connectivity index (χ2n) is 4.51. The molecule has 1 heterocycles. The van der Waals surface area contributed by atoms with Gasteiger partial charge in [-0.25, -0.2) is 0 Å². The Morgan fingerprint density at radius 3 is 2.81 bits per heavy atom. The summed E-state index contributed by atoms with van der Waals surface area (Å²) in [5.41, 5.74) is 1.72. The summed E-state index contributed by atoms with van der Waals surface area (Å²) in [6, 6.07) is 7.58. The van der Waals surface area contributed by atoms with Crippen molar-refractivity contribution in [1.29, 1.82) is 0 Å². The minimum absolute atomic E-state index is 0.0108. The Kier molecular flexibility index (Phi) is 2.97. The third-order valence-electron chi connectivity index (χ3n) is 2.97. The third kappa shape index (κ3) is 1.83. The Balaban J connectivity index is 2.38. The molecule has 1 N–H and O–H groups in total. The van der Waals surface area contributed by atoms with Gasteiger partial charge in [-0.05, 0) is 12.5 Å². The zero-order valence-corrected chi connectivity index (χ0v) is 9.68. The summed E-state index contributed by atoms with van der Waals surface area (Å²) in [6.07, 6.45) is 0.183. The summed E-state index contributed by atoms with van der Waals surface area (Å²) >= 11 is 0. The largest absolute Gasteiger partial charge is 0.388 e. The lowest BCUT2D eigenvalue weighted by Gasteiger charge is -2.33. The molecule has 3 nitrogen and oxygen atoms in total. The minimum atomic E-state index is -0.438. The molecule has 0 bridgehead atoms. The van der Waals surface area contributed by atoms with E-state index < -0.39 is 6.10 Å². The second kappa shape index (κ2) is 4.26. The van der Waals surface area contributed by atoms with Crippen LogP contribution in [0.2, 0.25) is 0 Å². The lowest BCUT2D eigenvalue weighted by atomic mass is 9.98. The molecule has 0 aromatic heterocycles. The molecule has 2 rings (SSSR count). The van der Waals surface area contributed by atoms with Crippen molar-refractivity contribution in [2.24, 2.45) is 5.92 Å². The normalized spacial score (nSPS) is 19.8. The van der Waals surface area contributed by atoms with E-state index in [0.29, 0.717) is 13.0 Å². The molecule has 0 spiro atoms. The van der Waals surface area contributed by atoms with E-state index in [1.165, 1.54) is 0 Å². The summed E-state index contributed by atoms with van der Waals surface area (Å²) in [6.45, 7) is 4.40. The maximum atomic E-state index is 12.0. The number of para-hydroxylation sites is 1. The van der Waals surface area contributed by atoms with Crippen molar-refractivity contribution in [2.45, 2.75) is 26.4 Å². The molecule has 1 amide bonds. The van der Waals surface area contributed by atoms with Gasteiger partial charge in [0.25, 0.3) is 0 Å². The summed E-state index contributed by atoms with van der Waals surface area (Å²) in [5.74, 6) is 0.114. The zero-order chi connectivity index (χ0) is 11.7. The number of benzene rings is 1. The zero-order valence-electron chi connectivity index (χ0n) is 9.68. The van der Waals surface area contributed by atoms with Gasteiger partial charge in [0.05, 0.1) is 6.10 Å². The quantitative estimate of drug-likeness (QED) is 0.786. The third-order valence-corrected chi connectivity index (χ3v) is 2.97. The van der Waals surface area contributed by atoms with Crippen LogP contribution in [0.4, 0.5) is 5.69 Å². The van der Waals surface area contributed by atoms with Gasteiger partial charge in [-0.15, -0.1) is 0 Å². The van der Waals surface area contributed by atoms with Gasteiger partial charge in [0.2, 0.25) is 5.91 Å². The van der Waals surface area contributed by atoms with E-state index in [9.17, 15) is 9.90 Å². The van der Waals surface area contributed by atoms with Crippen molar-refractivity contribution in [2.75, 3.05) is 11.4 Å². The maximum absolute atomic E-state index is 12.0. The van der Waals surface area contributed by atoms with Gasteiger partial charge in [0, 0.05) is 23.7 Å². The molecule has 1 aromatic carbocycles. The molecule has 1 aliphatic heterocycles. The number of carbonyl (C=O) groups excluding carboxylic acids is 1. The van der Waals surface area contributed by atoms with Crippen LogP contribution < -0.4 is 4.90 Å². The van der Waals surface area contributed by atoms with E-state index >= 15 is 0 Å². The van der Waals surface area contributed by atoms with Crippen LogP contribution in [0.1, 0.15) is 31.9 Å². The first-order chi connectivity index (χ1) is 7.61. The molecular formula is C13H17NO2. The van der Waals surface area contributed by atoms with Crippen LogP contribution in [0.5, 0.6) is 0 Å². The first-order valence-electron chi connectivity index (χ1n) is 5.69. The Labute approximate surface area is 95.7 Å². The first kappa shape index (κ1) is 11.1. The molecule has 0 aliphatic carbocycles. The molecule has 1 aromatic rings. The number of fused-ring (bicyclic) bond motifs is 1. The molecule has 86 valence electrons. The van der Waals surface area contributed by atoms with Crippen molar-refractivity contribution in [3.05, 3.63) is 29.8 Å². The van der Waals surface area contributed by atoms with Crippen LogP contribution in [0.3, 0.4) is 0 Å². The lowest BCUT2D eigenvalue weighted by molar-refractivity contribution is -0.121. The molecule has 0 saturated carbocycles. The highest BCUT2D eigenvalue weighted by Crippen LogP contribution is 2.33. The van der Waals surface area contributed by atoms with Crippen LogP contribution in [-0.2, 0) is 4.79 Å². The van der Waals surface area contributed by atoms with Gasteiger partial charge in [0.1, 0.15) is 0 Å². The summed E-state index contributed by atoms with van der Waals surface area (Å²) in [7, 11) is 0. The molecular weight excluding hydrogens is 202 g/mol. The molecule has 3 heteroatoms. The SMILES string of the molecule is CC(C)C(=O)N1CCC(O)c2ccccc21. The number of amides is 1. The molecule has 0 radical (unpaired) electrons. The Morgan fingerprint density at radius 2 is 2.12 bits per heavy atom.